The molecule has 0 spiro atoms. The molecule has 0 atom stereocenters. The van der Waals surface area contributed by atoms with Gasteiger partial charge in [-0.25, -0.2) is 40.2 Å². The highest BCUT2D eigenvalue weighted by Gasteiger charge is 2.19. The molecule has 3 N–H and O–H groups in total. The van der Waals surface area contributed by atoms with E-state index in [0.29, 0.717) is 66.6 Å². The minimum Gasteiger partial charge on any atom is -0.310 e. The lowest BCUT2D eigenvalue weighted by molar-refractivity contribution is 0.578. The van der Waals surface area contributed by atoms with E-state index < -0.39 is 30.1 Å². The Balaban J connectivity index is -0.000000703. The Morgan fingerprint density at radius 1 is 0.500 bits per heavy atom. The number of rotatable bonds is 15. The Morgan fingerprint density at radius 3 is 1.13 bits per heavy atom. The molecule has 3 aromatic heterocycles. The van der Waals surface area contributed by atoms with E-state index in [1.54, 1.807) is 24.7 Å². The second-order valence-electron chi connectivity index (χ2n) is 12.4. The predicted molar refractivity (Wildman–Crippen MR) is 224 cm³/mol. The minimum atomic E-state index is -3.31. The third-order valence-corrected chi connectivity index (χ3v) is 10.3. The molecule has 0 amide bonds. The first kappa shape index (κ1) is 54.8. The molecule has 0 unspecified atom stereocenters. The van der Waals surface area contributed by atoms with Crippen molar-refractivity contribution in [1.82, 2.24) is 40.9 Å². The van der Waals surface area contributed by atoms with Crippen LogP contribution >= 0.6 is 0 Å². The second-order valence-corrected chi connectivity index (χ2v) is 18.5. The minimum absolute atomic E-state index is 0. The van der Waals surface area contributed by atoms with Gasteiger partial charge < -0.3 is 16.0 Å². The quantitative estimate of drug-likeness (QED) is 0.200. The molecule has 0 saturated carbocycles. The van der Waals surface area contributed by atoms with Gasteiger partial charge in [-0.1, -0.05) is 69.9 Å². The molecule has 0 bridgehead atoms. The summed E-state index contributed by atoms with van der Waals surface area (Å²) >= 11 is 0. The summed E-state index contributed by atoms with van der Waals surface area (Å²) in [5.41, 5.74) is 2.11. The highest BCUT2D eigenvalue weighted by atomic mass is 32.2. The van der Waals surface area contributed by atoms with E-state index in [0.717, 1.165) is 26.7 Å². The maximum absolute atomic E-state index is 11.5. The summed E-state index contributed by atoms with van der Waals surface area (Å²) in [7, 11) is -5.45. The van der Waals surface area contributed by atoms with Crippen LogP contribution in [0.5, 0.6) is 0 Å². The van der Waals surface area contributed by atoms with Crippen molar-refractivity contribution in [2.75, 3.05) is 52.8 Å². The molecule has 0 aliphatic rings. The summed E-state index contributed by atoms with van der Waals surface area (Å²) in [6.45, 7) is 13.7. The van der Waals surface area contributed by atoms with Gasteiger partial charge in [0.1, 0.15) is 5.82 Å². The van der Waals surface area contributed by atoms with Crippen LogP contribution in [0.4, 0.5) is 17.5 Å². The van der Waals surface area contributed by atoms with Crippen LogP contribution in [0.1, 0.15) is 80.8 Å². The standard InChI is InChI=1S/C11H19N3O2S.2C10H18N4O2S.3CH4/c1-9(2)13-8-10-6-5-7-12-11(10)14(3)17(4,15)16;2*1-8(2)13-7-9-10(12-6-5-11-9)14(3)17(4,15)16;;;/h5-7,9,13H,8H2,1-4H3;2*5-6,8,13H,7H2,1-4H3;3*1H4. The van der Waals surface area contributed by atoms with Gasteiger partial charge in [-0.3, -0.25) is 22.9 Å². The zero-order chi connectivity index (χ0) is 39.2. The predicted octanol–water partition coefficient (Wildman–Crippen LogP) is 3.62. The number of hydrogen-bond donors (Lipinski definition) is 3. The molecule has 54 heavy (non-hydrogen) atoms. The van der Waals surface area contributed by atoms with Crippen LogP contribution in [-0.4, -0.2) is 108 Å². The van der Waals surface area contributed by atoms with Crippen LogP contribution in [0.3, 0.4) is 0 Å². The Kier molecular flexibility index (Phi) is 25.1. The molecular weight excluding hydrogens is 755 g/mol. The topological polar surface area (TPSA) is 213 Å². The zero-order valence-electron chi connectivity index (χ0n) is 31.6. The van der Waals surface area contributed by atoms with Crippen molar-refractivity contribution in [2.24, 2.45) is 0 Å². The van der Waals surface area contributed by atoms with Gasteiger partial charge in [0, 0.05) is 95.5 Å². The largest absolute Gasteiger partial charge is 0.310 e. The van der Waals surface area contributed by atoms with Crippen molar-refractivity contribution < 1.29 is 25.3 Å². The Morgan fingerprint density at radius 2 is 0.796 bits per heavy atom. The molecule has 0 aliphatic carbocycles. The fourth-order valence-electron chi connectivity index (χ4n) is 3.73. The monoisotopic (exact) mass is 821 g/mol. The highest BCUT2D eigenvalue weighted by molar-refractivity contribution is 7.92. The number of nitrogens with one attached hydrogen (secondary N) is 3. The molecule has 3 heterocycles. The van der Waals surface area contributed by atoms with Crippen molar-refractivity contribution >= 4 is 47.5 Å². The second kappa shape index (κ2) is 24.8. The van der Waals surface area contributed by atoms with Gasteiger partial charge in [0.25, 0.3) is 0 Å². The fourth-order valence-corrected chi connectivity index (χ4v) is 5.14. The molecule has 3 aromatic rings. The fraction of sp³-hybridized carbons (Fsp3) is 0.618. The molecule has 20 heteroatoms. The SMILES string of the molecule is C.C.C.CC(C)NCc1cccnc1N(C)S(C)(=O)=O.CC(C)NCc1nccnc1N(C)S(C)(=O)=O.CC(C)NCc1nccnc1N(C)S(C)(=O)=O. The van der Waals surface area contributed by atoms with E-state index in [4.69, 9.17) is 0 Å². The van der Waals surface area contributed by atoms with Crippen molar-refractivity contribution in [3.8, 4) is 0 Å². The van der Waals surface area contributed by atoms with Crippen LogP contribution in [-0.2, 0) is 49.7 Å². The first-order valence-electron chi connectivity index (χ1n) is 16.0. The first-order valence-corrected chi connectivity index (χ1v) is 21.6. The Bertz CT molecular complexity index is 1630. The number of hydrogen-bond acceptors (Lipinski definition) is 14. The summed E-state index contributed by atoms with van der Waals surface area (Å²) in [5.74, 6) is 1.20. The molecule has 17 nitrogen and oxygen atoms in total. The summed E-state index contributed by atoms with van der Waals surface area (Å²) in [5, 5.41) is 9.62. The number of aromatic nitrogens is 5. The van der Waals surface area contributed by atoms with Gasteiger partial charge in [-0.05, 0) is 6.07 Å². The maximum Gasteiger partial charge on any atom is 0.233 e. The molecule has 0 aliphatic heterocycles. The summed E-state index contributed by atoms with van der Waals surface area (Å²) in [4.78, 5) is 20.6. The maximum atomic E-state index is 11.5. The van der Waals surface area contributed by atoms with Crippen molar-refractivity contribution in [3.63, 3.8) is 0 Å². The number of anilines is 3. The lowest BCUT2D eigenvalue weighted by Gasteiger charge is -2.19. The van der Waals surface area contributed by atoms with Gasteiger partial charge in [0.15, 0.2) is 11.6 Å². The molecule has 3 rings (SSSR count). The van der Waals surface area contributed by atoms with E-state index >= 15 is 0 Å². The summed E-state index contributed by atoms with van der Waals surface area (Å²) < 4.78 is 72.3. The van der Waals surface area contributed by atoms with E-state index in [9.17, 15) is 25.3 Å². The summed E-state index contributed by atoms with van der Waals surface area (Å²) in [6.07, 6.45) is 11.1. The molecule has 312 valence electrons. The third kappa shape index (κ3) is 19.7. The first-order chi connectivity index (χ1) is 23.5. The normalized spacial score (nSPS) is 11.2. The number of sulfonamides is 3. The molecule has 0 radical (unpaired) electrons. The van der Waals surface area contributed by atoms with Gasteiger partial charge in [0.05, 0.1) is 30.2 Å². The smallest absolute Gasteiger partial charge is 0.233 e. The van der Waals surface area contributed by atoms with E-state index in [-0.39, 0.29) is 22.3 Å². The van der Waals surface area contributed by atoms with Crippen molar-refractivity contribution in [2.45, 2.75) is 102 Å². The Labute approximate surface area is 327 Å². The van der Waals surface area contributed by atoms with E-state index in [1.807, 2.05) is 47.6 Å². The number of pyridine rings is 1. The lowest BCUT2D eigenvalue weighted by atomic mass is 10.2. The van der Waals surface area contributed by atoms with Crippen molar-refractivity contribution in [3.05, 3.63) is 60.1 Å². The molecular formula is C34H67N11O6S3. The molecule has 0 fully saturated rings. The van der Waals surface area contributed by atoms with Crippen molar-refractivity contribution in [1.29, 1.82) is 0 Å². The molecule has 0 saturated heterocycles. The van der Waals surface area contributed by atoms with Gasteiger partial charge in [-0.15, -0.1) is 0 Å². The third-order valence-electron chi connectivity index (χ3n) is 6.81. The van der Waals surface area contributed by atoms with Crippen LogP contribution < -0.4 is 28.9 Å². The average molecular weight is 822 g/mol. The van der Waals surface area contributed by atoms with E-state index in [2.05, 4.69) is 40.9 Å². The van der Waals surface area contributed by atoms with Gasteiger partial charge in [-0.2, -0.15) is 0 Å². The number of nitrogens with zero attached hydrogens (tertiary/aromatic N) is 8. The lowest BCUT2D eigenvalue weighted by Crippen LogP contribution is -2.29. The Hall–Kier alpha value is -3.56. The van der Waals surface area contributed by atoms with Crippen LogP contribution in [0, 0.1) is 0 Å². The summed E-state index contributed by atoms with van der Waals surface area (Å²) in [6, 6.07) is 4.62. The van der Waals surface area contributed by atoms with Crippen LogP contribution in [0.2, 0.25) is 0 Å². The van der Waals surface area contributed by atoms with Gasteiger partial charge in [0.2, 0.25) is 30.1 Å². The van der Waals surface area contributed by atoms with Gasteiger partial charge >= 0.3 is 0 Å². The van der Waals surface area contributed by atoms with Crippen LogP contribution in [0.25, 0.3) is 0 Å². The van der Waals surface area contributed by atoms with Crippen LogP contribution in [0.15, 0.2) is 43.1 Å². The zero-order valence-corrected chi connectivity index (χ0v) is 34.1. The average Bonchev–Trinajstić information content (AvgIpc) is 3.04. The van der Waals surface area contributed by atoms with E-state index in [1.165, 1.54) is 44.1 Å². The highest BCUT2D eigenvalue weighted by Crippen LogP contribution is 2.19. The molecule has 0 aromatic carbocycles.